The summed E-state index contributed by atoms with van der Waals surface area (Å²) < 4.78 is 27.9. The van der Waals surface area contributed by atoms with Crippen LogP contribution in [0.15, 0.2) is 71.7 Å². The maximum absolute atomic E-state index is 14.0. The molecular formula is C22H17F2NS. The van der Waals surface area contributed by atoms with Crippen LogP contribution in [-0.4, -0.2) is 10.8 Å². The first kappa shape index (κ1) is 17.0. The SMILES string of the molecule is Cc1ccc(-c2ccc(C3CSC(c4c(F)cccc4F)=N3)cc2)cc1. The van der Waals surface area contributed by atoms with E-state index in [9.17, 15) is 8.78 Å². The summed E-state index contributed by atoms with van der Waals surface area (Å²) in [6, 6.07) is 20.5. The minimum Gasteiger partial charge on any atom is -0.269 e. The Labute approximate surface area is 155 Å². The normalized spacial score (nSPS) is 16.6. The number of hydrogen-bond donors (Lipinski definition) is 0. The molecule has 0 aromatic heterocycles. The lowest BCUT2D eigenvalue weighted by atomic mass is 10.0. The van der Waals surface area contributed by atoms with Gasteiger partial charge in [0.25, 0.3) is 0 Å². The molecule has 0 aliphatic carbocycles. The Morgan fingerprint density at radius 1 is 0.846 bits per heavy atom. The van der Waals surface area contributed by atoms with Gasteiger partial charge in [-0.25, -0.2) is 8.78 Å². The van der Waals surface area contributed by atoms with Crippen LogP contribution in [0.25, 0.3) is 11.1 Å². The molecule has 0 fully saturated rings. The molecule has 1 heterocycles. The summed E-state index contributed by atoms with van der Waals surface area (Å²) >= 11 is 1.40. The van der Waals surface area contributed by atoms with Crippen LogP contribution in [0.4, 0.5) is 8.78 Å². The van der Waals surface area contributed by atoms with E-state index < -0.39 is 11.6 Å². The zero-order valence-electron chi connectivity index (χ0n) is 14.2. The lowest BCUT2D eigenvalue weighted by molar-refractivity contribution is 0.579. The van der Waals surface area contributed by atoms with Crippen molar-refractivity contribution in [2.45, 2.75) is 13.0 Å². The first-order valence-corrected chi connectivity index (χ1v) is 9.42. The van der Waals surface area contributed by atoms with Crippen molar-refractivity contribution in [1.82, 2.24) is 0 Å². The summed E-state index contributed by atoms with van der Waals surface area (Å²) in [6.07, 6.45) is 0. The van der Waals surface area contributed by atoms with Crippen LogP contribution in [0.1, 0.15) is 22.7 Å². The molecule has 1 atom stereocenters. The highest BCUT2D eigenvalue weighted by Gasteiger charge is 2.25. The van der Waals surface area contributed by atoms with E-state index in [0.717, 1.165) is 11.1 Å². The molecule has 4 rings (SSSR count). The van der Waals surface area contributed by atoms with E-state index in [1.54, 1.807) is 0 Å². The molecule has 0 saturated heterocycles. The first-order chi connectivity index (χ1) is 12.6. The summed E-state index contributed by atoms with van der Waals surface area (Å²) in [5.74, 6) is -0.439. The van der Waals surface area contributed by atoms with E-state index in [4.69, 9.17) is 0 Å². The molecule has 0 spiro atoms. The van der Waals surface area contributed by atoms with Crippen molar-refractivity contribution in [1.29, 1.82) is 0 Å². The van der Waals surface area contributed by atoms with Gasteiger partial charge in [-0.2, -0.15) is 0 Å². The van der Waals surface area contributed by atoms with E-state index in [1.165, 1.54) is 41.1 Å². The number of nitrogens with zero attached hydrogens (tertiary/aromatic N) is 1. The van der Waals surface area contributed by atoms with Crippen LogP contribution >= 0.6 is 11.8 Å². The molecule has 0 radical (unpaired) electrons. The first-order valence-electron chi connectivity index (χ1n) is 8.44. The molecule has 0 amide bonds. The Morgan fingerprint density at radius 2 is 1.42 bits per heavy atom. The Hall–Kier alpha value is -2.46. The largest absolute Gasteiger partial charge is 0.269 e. The van der Waals surface area contributed by atoms with Crippen LogP contribution in [0.5, 0.6) is 0 Å². The molecule has 4 heteroatoms. The predicted octanol–water partition coefficient (Wildman–Crippen LogP) is 6.17. The van der Waals surface area contributed by atoms with Gasteiger partial charge in [-0.1, -0.05) is 60.2 Å². The standard InChI is InChI=1S/C22H17F2NS/c1-14-5-7-15(8-6-14)16-9-11-17(12-10-16)20-13-26-22(25-20)21-18(23)3-2-4-19(21)24/h2-12,20H,13H2,1H3. The summed E-state index contributed by atoms with van der Waals surface area (Å²) in [6.45, 7) is 2.07. The monoisotopic (exact) mass is 365 g/mol. The zero-order chi connectivity index (χ0) is 18.1. The molecule has 0 saturated carbocycles. The highest BCUT2D eigenvalue weighted by molar-refractivity contribution is 8.14. The van der Waals surface area contributed by atoms with Gasteiger partial charge >= 0.3 is 0 Å². The fourth-order valence-corrected chi connectivity index (χ4v) is 4.15. The van der Waals surface area contributed by atoms with E-state index in [-0.39, 0.29) is 11.6 Å². The summed E-state index contributed by atoms with van der Waals surface area (Å²) in [5.41, 5.74) is 4.58. The van der Waals surface area contributed by atoms with E-state index in [1.807, 2.05) is 12.1 Å². The van der Waals surface area contributed by atoms with Crippen LogP contribution < -0.4 is 0 Å². The molecule has 3 aromatic carbocycles. The number of aliphatic imine (C=N–C) groups is 1. The summed E-state index contributed by atoms with van der Waals surface area (Å²) in [5, 5.41) is 0.438. The molecule has 130 valence electrons. The van der Waals surface area contributed by atoms with E-state index >= 15 is 0 Å². The average Bonchev–Trinajstić information content (AvgIpc) is 3.12. The van der Waals surface area contributed by atoms with Crippen LogP contribution in [0, 0.1) is 18.6 Å². The Morgan fingerprint density at radius 3 is 2.04 bits per heavy atom. The molecule has 0 bridgehead atoms. The topological polar surface area (TPSA) is 12.4 Å². The third-order valence-corrected chi connectivity index (χ3v) is 5.57. The maximum atomic E-state index is 14.0. The summed E-state index contributed by atoms with van der Waals surface area (Å²) in [4.78, 5) is 4.56. The fraction of sp³-hybridized carbons (Fsp3) is 0.136. The number of benzene rings is 3. The van der Waals surface area contributed by atoms with Gasteiger partial charge in [0.2, 0.25) is 0 Å². The van der Waals surface area contributed by atoms with Gasteiger partial charge in [0, 0.05) is 5.75 Å². The number of thioether (sulfide) groups is 1. The lowest BCUT2D eigenvalue weighted by Crippen LogP contribution is -2.00. The van der Waals surface area contributed by atoms with E-state index in [2.05, 4.69) is 48.3 Å². The lowest BCUT2D eigenvalue weighted by Gasteiger charge is -2.08. The molecule has 1 aliphatic rings. The number of aryl methyl sites for hydroxylation is 1. The number of rotatable bonds is 3. The Balaban J connectivity index is 1.59. The van der Waals surface area contributed by atoms with Crippen LogP contribution in [-0.2, 0) is 0 Å². The molecule has 26 heavy (non-hydrogen) atoms. The molecule has 3 aromatic rings. The highest BCUT2D eigenvalue weighted by atomic mass is 32.2. The third-order valence-electron chi connectivity index (χ3n) is 4.51. The van der Waals surface area contributed by atoms with Crippen molar-refractivity contribution in [3.8, 4) is 11.1 Å². The minimum absolute atomic E-state index is 0.0173. The fourth-order valence-electron chi connectivity index (χ4n) is 3.03. The molecule has 1 unspecified atom stereocenters. The molecule has 0 N–H and O–H groups in total. The van der Waals surface area contributed by atoms with E-state index in [0.29, 0.717) is 10.8 Å². The van der Waals surface area contributed by atoms with Crippen LogP contribution in [0.3, 0.4) is 0 Å². The molecule has 1 nitrogen and oxygen atoms in total. The van der Waals surface area contributed by atoms with Gasteiger partial charge in [0.15, 0.2) is 0 Å². The van der Waals surface area contributed by atoms with Crippen molar-refractivity contribution in [3.05, 3.63) is 95.1 Å². The number of halogens is 2. The van der Waals surface area contributed by atoms with Crippen LogP contribution in [0.2, 0.25) is 0 Å². The summed E-state index contributed by atoms with van der Waals surface area (Å²) in [7, 11) is 0. The van der Waals surface area contributed by atoms with Gasteiger partial charge in [-0.15, -0.1) is 11.8 Å². The maximum Gasteiger partial charge on any atom is 0.136 e. The predicted molar refractivity (Wildman–Crippen MR) is 105 cm³/mol. The van der Waals surface area contributed by atoms with Gasteiger partial charge in [0.05, 0.1) is 11.6 Å². The second-order valence-electron chi connectivity index (χ2n) is 6.35. The van der Waals surface area contributed by atoms with Gasteiger partial charge < -0.3 is 0 Å². The second-order valence-corrected chi connectivity index (χ2v) is 7.35. The Kier molecular flexibility index (Phi) is 4.60. The van der Waals surface area contributed by atoms with Crippen molar-refractivity contribution in [2.75, 3.05) is 5.75 Å². The number of hydrogen-bond acceptors (Lipinski definition) is 2. The van der Waals surface area contributed by atoms with Crippen molar-refractivity contribution in [2.24, 2.45) is 4.99 Å². The highest BCUT2D eigenvalue weighted by Crippen LogP contribution is 2.35. The smallest absolute Gasteiger partial charge is 0.136 e. The third kappa shape index (κ3) is 3.29. The van der Waals surface area contributed by atoms with Crippen molar-refractivity contribution >= 4 is 16.8 Å². The van der Waals surface area contributed by atoms with Gasteiger partial charge in [-0.3, -0.25) is 4.99 Å². The molecule has 1 aliphatic heterocycles. The van der Waals surface area contributed by atoms with Gasteiger partial charge in [-0.05, 0) is 35.7 Å². The van der Waals surface area contributed by atoms with Crippen molar-refractivity contribution < 1.29 is 8.78 Å². The Bertz CT molecular complexity index is 942. The average molecular weight is 365 g/mol. The van der Waals surface area contributed by atoms with Gasteiger partial charge in [0.1, 0.15) is 16.7 Å². The second kappa shape index (κ2) is 7.04. The minimum atomic E-state index is -0.563. The molecular weight excluding hydrogens is 348 g/mol. The zero-order valence-corrected chi connectivity index (χ0v) is 15.1. The van der Waals surface area contributed by atoms with Crippen molar-refractivity contribution in [3.63, 3.8) is 0 Å². The quantitative estimate of drug-likeness (QED) is 0.540.